The molecule has 232 valence electrons. The van der Waals surface area contributed by atoms with E-state index in [-0.39, 0.29) is 28.1 Å². The van der Waals surface area contributed by atoms with E-state index >= 15 is 0 Å². The number of halogens is 1. The Labute approximate surface area is 259 Å². The molecule has 3 rings (SSSR count). The Kier molecular flexibility index (Phi) is 11.1. The fourth-order valence-electron chi connectivity index (χ4n) is 4.52. The minimum atomic E-state index is -4.23. The Morgan fingerprint density at radius 1 is 0.977 bits per heavy atom. The van der Waals surface area contributed by atoms with Crippen LogP contribution in [0, 0.1) is 6.92 Å². The van der Waals surface area contributed by atoms with E-state index in [1.165, 1.54) is 36.3 Å². The molecule has 1 atom stereocenters. The van der Waals surface area contributed by atoms with Gasteiger partial charge in [-0.3, -0.25) is 13.9 Å². The van der Waals surface area contributed by atoms with Gasteiger partial charge in [0.2, 0.25) is 11.8 Å². The van der Waals surface area contributed by atoms with Gasteiger partial charge in [-0.2, -0.15) is 0 Å². The van der Waals surface area contributed by atoms with Gasteiger partial charge >= 0.3 is 0 Å². The van der Waals surface area contributed by atoms with Crippen molar-refractivity contribution in [2.45, 2.75) is 64.1 Å². The predicted molar refractivity (Wildman–Crippen MR) is 169 cm³/mol. The SMILES string of the molecule is CC[C@H](C(=O)NC(C)(C)C)N(Cc1cccc(OC)c1)C(=O)CN(c1ccc(OC)c(Cl)c1)S(=O)(=O)c1ccc(C)cc1. The fourth-order valence-corrected chi connectivity index (χ4v) is 6.17. The average molecular weight is 630 g/mol. The van der Waals surface area contributed by atoms with Crippen LogP contribution in [0.2, 0.25) is 5.02 Å². The lowest BCUT2D eigenvalue weighted by Gasteiger charge is -2.35. The number of ether oxygens (including phenoxy) is 2. The molecule has 43 heavy (non-hydrogen) atoms. The summed E-state index contributed by atoms with van der Waals surface area (Å²) in [5.74, 6) is 0.0375. The van der Waals surface area contributed by atoms with Gasteiger partial charge in [0.25, 0.3) is 10.0 Å². The number of aryl methyl sites for hydroxylation is 1. The maximum atomic E-state index is 14.2. The summed E-state index contributed by atoms with van der Waals surface area (Å²) in [6, 6.07) is 17.2. The maximum Gasteiger partial charge on any atom is 0.264 e. The van der Waals surface area contributed by atoms with E-state index in [1.807, 2.05) is 40.7 Å². The number of methoxy groups -OCH3 is 2. The third-order valence-electron chi connectivity index (χ3n) is 6.68. The summed E-state index contributed by atoms with van der Waals surface area (Å²) in [7, 11) is -1.24. The van der Waals surface area contributed by atoms with Gasteiger partial charge < -0.3 is 19.7 Å². The van der Waals surface area contributed by atoms with E-state index in [2.05, 4.69) is 5.32 Å². The molecular weight excluding hydrogens is 590 g/mol. The smallest absolute Gasteiger partial charge is 0.264 e. The second kappa shape index (κ2) is 14.1. The summed E-state index contributed by atoms with van der Waals surface area (Å²) in [5, 5.41) is 3.14. The number of carbonyl (C=O) groups excluding carboxylic acids is 2. The van der Waals surface area contributed by atoms with Crippen LogP contribution in [0.5, 0.6) is 11.5 Å². The standard InChI is InChI=1S/C32H40ClN3O6S/c1-8-28(31(38)34-32(3,4)5)35(20-23-10-9-11-25(18-23)41-6)30(37)21-36(24-14-17-29(42-7)27(33)19-24)43(39,40)26-15-12-22(2)13-16-26/h9-19,28H,8,20-21H2,1-7H3,(H,34,38)/t28-/m1/s1. The van der Waals surface area contributed by atoms with Crippen molar-refractivity contribution in [2.75, 3.05) is 25.1 Å². The maximum absolute atomic E-state index is 14.2. The number of sulfonamides is 1. The molecule has 0 aliphatic carbocycles. The minimum Gasteiger partial charge on any atom is -0.497 e. The highest BCUT2D eigenvalue weighted by atomic mass is 35.5. The summed E-state index contributed by atoms with van der Waals surface area (Å²) >= 11 is 6.39. The van der Waals surface area contributed by atoms with Gasteiger partial charge in [-0.1, -0.05) is 48.4 Å². The molecule has 0 saturated heterocycles. The van der Waals surface area contributed by atoms with Crippen LogP contribution in [0.1, 0.15) is 45.2 Å². The monoisotopic (exact) mass is 629 g/mol. The van der Waals surface area contributed by atoms with Gasteiger partial charge in [0.05, 0.1) is 29.8 Å². The topological polar surface area (TPSA) is 105 Å². The van der Waals surface area contributed by atoms with Gasteiger partial charge in [0.15, 0.2) is 0 Å². The van der Waals surface area contributed by atoms with Crippen molar-refractivity contribution < 1.29 is 27.5 Å². The molecule has 3 aromatic carbocycles. The summed E-state index contributed by atoms with van der Waals surface area (Å²) in [6.45, 7) is 8.70. The highest BCUT2D eigenvalue weighted by Crippen LogP contribution is 2.32. The van der Waals surface area contributed by atoms with Crippen LogP contribution >= 0.6 is 11.6 Å². The first-order valence-corrected chi connectivity index (χ1v) is 15.7. The van der Waals surface area contributed by atoms with Gasteiger partial charge in [-0.05, 0) is 82.1 Å². The third kappa shape index (κ3) is 8.64. The molecule has 0 aromatic heterocycles. The zero-order valence-electron chi connectivity index (χ0n) is 25.7. The van der Waals surface area contributed by atoms with Crippen LogP contribution < -0.4 is 19.1 Å². The molecule has 0 aliphatic rings. The summed E-state index contributed by atoms with van der Waals surface area (Å²) in [6.07, 6.45) is 0.302. The van der Waals surface area contributed by atoms with Crippen molar-refractivity contribution in [1.29, 1.82) is 0 Å². The number of anilines is 1. The molecule has 2 amide bonds. The van der Waals surface area contributed by atoms with Crippen molar-refractivity contribution in [1.82, 2.24) is 10.2 Å². The van der Waals surface area contributed by atoms with Crippen LogP contribution in [0.15, 0.2) is 71.6 Å². The average Bonchev–Trinajstić information content (AvgIpc) is 2.95. The number of rotatable bonds is 12. The summed E-state index contributed by atoms with van der Waals surface area (Å²) in [4.78, 5) is 29.1. The van der Waals surface area contributed by atoms with Gasteiger partial charge in [0.1, 0.15) is 24.1 Å². The quantitative estimate of drug-likeness (QED) is 0.280. The second-order valence-corrected chi connectivity index (χ2v) is 13.4. The fraction of sp³-hybridized carbons (Fsp3) is 0.375. The molecule has 11 heteroatoms. The highest BCUT2D eigenvalue weighted by molar-refractivity contribution is 7.92. The van der Waals surface area contributed by atoms with Crippen LogP contribution in [0.4, 0.5) is 5.69 Å². The highest BCUT2D eigenvalue weighted by Gasteiger charge is 2.35. The number of amides is 2. The lowest BCUT2D eigenvalue weighted by atomic mass is 10.1. The van der Waals surface area contributed by atoms with Gasteiger partial charge in [0, 0.05) is 12.1 Å². The molecular formula is C32H40ClN3O6S. The summed E-state index contributed by atoms with van der Waals surface area (Å²) in [5.41, 5.74) is 1.23. The Bertz CT molecular complexity index is 1540. The van der Waals surface area contributed by atoms with E-state index in [1.54, 1.807) is 43.5 Å². The normalized spacial score (nSPS) is 12.3. The number of hydrogen-bond acceptors (Lipinski definition) is 6. The molecule has 0 fully saturated rings. The Balaban J connectivity index is 2.12. The van der Waals surface area contributed by atoms with E-state index in [0.717, 1.165) is 15.4 Å². The first kappa shape index (κ1) is 33.7. The lowest BCUT2D eigenvalue weighted by Crippen LogP contribution is -2.55. The first-order valence-electron chi connectivity index (χ1n) is 13.9. The largest absolute Gasteiger partial charge is 0.497 e. The molecule has 1 N–H and O–H groups in total. The van der Waals surface area contributed by atoms with Crippen molar-refractivity contribution in [3.8, 4) is 11.5 Å². The first-order chi connectivity index (χ1) is 20.2. The Morgan fingerprint density at radius 3 is 2.21 bits per heavy atom. The summed E-state index contributed by atoms with van der Waals surface area (Å²) < 4.78 is 39.7. The van der Waals surface area contributed by atoms with Gasteiger partial charge in [-0.15, -0.1) is 0 Å². The van der Waals surface area contributed by atoms with Crippen molar-refractivity contribution in [2.24, 2.45) is 0 Å². The zero-order valence-corrected chi connectivity index (χ0v) is 27.3. The second-order valence-electron chi connectivity index (χ2n) is 11.2. The van der Waals surface area contributed by atoms with Crippen LogP contribution in [0.25, 0.3) is 0 Å². The molecule has 0 radical (unpaired) electrons. The number of benzene rings is 3. The van der Waals surface area contributed by atoms with Crippen molar-refractivity contribution in [3.05, 3.63) is 82.9 Å². The van der Waals surface area contributed by atoms with Crippen LogP contribution in [0.3, 0.4) is 0 Å². The van der Waals surface area contributed by atoms with Crippen LogP contribution in [-0.4, -0.2) is 57.5 Å². The zero-order chi connectivity index (χ0) is 31.9. The minimum absolute atomic E-state index is 0.00898. The molecule has 0 heterocycles. The lowest BCUT2D eigenvalue weighted by molar-refractivity contribution is -0.141. The third-order valence-corrected chi connectivity index (χ3v) is 8.77. The van der Waals surface area contributed by atoms with Crippen LogP contribution in [-0.2, 0) is 26.2 Å². The Morgan fingerprint density at radius 2 is 1.65 bits per heavy atom. The van der Waals surface area contributed by atoms with Gasteiger partial charge in [-0.25, -0.2) is 8.42 Å². The Hall–Kier alpha value is -3.76. The van der Waals surface area contributed by atoms with Crippen molar-refractivity contribution >= 4 is 39.1 Å². The van der Waals surface area contributed by atoms with Crippen molar-refractivity contribution in [3.63, 3.8) is 0 Å². The molecule has 0 saturated carbocycles. The number of nitrogens with zero attached hydrogens (tertiary/aromatic N) is 2. The number of carbonyl (C=O) groups is 2. The molecule has 0 aliphatic heterocycles. The number of nitrogens with one attached hydrogen (secondary N) is 1. The van der Waals surface area contributed by atoms with E-state index in [4.69, 9.17) is 21.1 Å². The molecule has 0 spiro atoms. The van der Waals surface area contributed by atoms with E-state index < -0.39 is 34.1 Å². The molecule has 0 bridgehead atoms. The predicted octanol–water partition coefficient (Wildman–Crippen LogP) is 5.58. The molecule has 3 aromatic rings. The number of hydrogen-bond donors (Lipinski definition) is 1. The van der Waals surface area contributed by atoms with E-state index in [9.17, 15) is 18.0 Å². The molecule has 9 nitrogen and oxygen atoms in total. The van der Waals surface area contributed by atoms with E-state index in [0.29, 0.717) is 17.9 Å². The molecule has 0 unspecified atom stereocenters.